The number of nitrogens with zero attached hydrogens (tertiary/aromatic N) is 2. The highest BCUT2D eigenvalue weighted by Gasteiger charge is 2.34. The van der Waals surface area contributed by atoms with E-state index in [9.17, 15) is 14.4 Å². The van der Waals surface area contributed by atoms with E-state index in [0.29, 0.717) is 12.5 Å². The molecule has 7 heteroatoms. The first-order valence-corrected chi connectivity index (χ1v) is 9.70. The summed E-state index contributed by atoms with van der Waals surface area (Å²) in [5.74, 6) is -1.69. The van der Waals surface area contributed by atoms with Crippen molar-refractivity contribution < 1.29 is 14.4 Å². The molecule has 1 aromatic heterocycles. The Bertz CT molecular complexity index is 957. The molecule has 0 radical (unpaired) electrons. The zero-order valence-corrected chi connectivity index (χ0v) is 16.9. The second-order valence-corrected chi connectivity index (χ2v) is 7.78. The molecule has 2 aromatic rings. The summed E-state index contributed by atoms with van der Waals surface area (Å²) in [5, 5.41) is 2.54. The molecule has 1 aliphatic heterocycles. The van der Waals surface area contributed by atoms with Crippen LogP contribution in [0.3, 0.4) is 0 Å². The van der Waals surface area contributed by atoms with Gasteiger partial charge in [-0.1, -0.05) is 25.1 Å². The van der Waals surface area contributed by atoms with Gasteiger partial charge in [-0.15, -0.1) is 0 Å². The number of nitrogens with one attached hydrogen (secondary N) is 1. The molecule has 3 rings (SSSR count). The number of hydrogen-bond acceptors (Lipinski definition) is 4. The molecule has 0 bridgehead atoms. The van der Waals surface area contributed by atoms with Crippen LogP contribution in [-0.4, -0.2) is 34.2 Å². The van der Waals surface area contributed by atoms with Gasteiger partial charge in [-0.2, -0.15) is 0 Å². The predicted octanol–water partition coefficient (Wildman–Crippen LogP) is 2.74. The van der Waals surface area contributed by atoms with E-state index in [1.165, 1.54) is 24.0 Å². The van der Waals surface area contributed by atoms with Gasteiger partial charge in [-0.05, 0) is 55.4 Å². The Kier molecular flexibility index (Phi) is 5.96. The second kappa shape index (κ2) is 8.43. The molecule has 3 amide bonds. The number of likely N-dealkylation sites (tertiary alicyclic amines) is 1. The van der Waals surface area contributed by atoms with Crippen LogP contribution in [0.1, 0.15) is 52.9 Å². The van der Waals surface area contributed by atoms with Crippen LogP contribution in [0.4, 0.5) is 5.69 Å². The number of carbonyl (C=O) groups excluding carboxylic acids is 3. The van der Waals surface area contributed by atoms with E-state index in [-0.39, 0.29) is 17.3 Å². The van der Waals surface area contributed by atoms with Crippen molar-refractivity contribution in [1.29, 1.82) is 0 Å². The summed E-state index contributed by atoms with van der Waals surface area (Å²) >= 11 is 0. The Morgan fingerprint density at radius 2 is 1.86 bits per heavy atom. The minimum absolute atomic E-state index is 0.140. The number of nitrogens with two attached hydrogens (primary N) is 1. The molecule has 3 N–H and O–H groups in total. The molecule has 0 unspecified atom stereocenters. The van der Waals surface area contributed by atoms with Crippen LogP contribution < -0.4 is 11.1 Å². The van der Waals surface area contributed by atoms with Gasteiger partial charge in [0.25, 0.3) is 0 Å². The minimum Gasteiger partial charge on any atom is -0.366 e. The molecule has 0 aliphatic carbocycles. The first-order valence-electron chi connectivity index (χ1n) is 9.70. The average Bonchev–Trinajstić information content (AvgIpc) is 2.69. The van der Waals surface area contributed by atoms with Gasteiger partial charge in [0.15, 0.2) is 0 Å². The van der Waals surface area contributed by atoms with E-state index in [1.54, 1.807) is 4.90 Å². The minimum atomic E-state index is -0.753. The molecule has 2 heterocycles. The van der Waals surface area contributed by atoms with Crippen molar-refractivity contribution >= 4 is 23.4 Å². The molecule has 0 saturated carbocycles. The monoisotopic (exact) mass is 394 g/mol. The summed E-state index contributed by atoms with van der Waals surface area (Å²) < 4.78 is 0. The number of rotatable bonds is 3. The number of primary amides is 1. The summed E-state index contributed by atoms with van der Waals surface area (Å²) in [6, 6.07) is 7.43. The second-order valence-electron chi connectivity index (χ2n) is 7.78. The van der Waals surface area contributed by atoms with Gasteiger partial charge in [0.1, 0.15) is 0 Å². The zero-order valence-electron chi connectivity index (χ0n) is 16.9. The van der Waals surface area contributed by atoms with E-state index in [0.717, 1.165) is 24.0 Å². The maximum Gasteiger partial charge on any atom is 0.313 e. The van der Waals surface area contributed by atoms with E-state index >= 15 is 0 Å². The Labute approximate surface area is 170 Å². The largest absolute Gasteiger partial charge is 0.366 e. The lowest BCUT2D eigenvalue weighted by Gasteiger charge is -2.38. The van der Waals surface area contributed by atoms with Crippen LogP contribution in [0, 0.1) is 19.8 Å². The molecular weight excluding hydrogens is 368 g/mol. The number of carbonyl (C=O) groups is 3. The Hall–Kier alpha value is -3.22. The van der Waals surface area contributed by atoms with Crippen LogP contribution in [0.15, 0.2) is 36.7 Å². The quantitative estimate of drug-likeness (QED) is 0.781. The van der Waals surface area contributed by atoms with Crippen molar-refractivity contribution in [1.82, 2.24) is 9.88 Å². The number of amides is 3. The maximum absolute atomic E-state index is 13.0. The fourth-order valence-corrected chi connectivity index (χ4v) is 3.65. The lowest BCUT2D eigenvalue weighted by Crippen LogP contribution is -2.46. The normalized spacial score (nSPS) is 18.9. The number of piperidine rings is 1. The summed E-state index contributed by atoms with van der Waals surface area (Å²) in [6.45, 7) is 6.69. The smallest absolute Gasteiger partial charge is 0.313 e. The highest BCUT2D eigenvalue weighted by molar-refractivity contribution is 6.39. The standard InChI is InChI=1S/C22H26N4O3/c1-13-4-7-19(16-6-5-14(2)15(3)8-16)26(12-13)22(29)21(28)25-18-9-17(20(23)27)10-24-11-18/h5-6,8-11,13,19H,4,7,12H2,1-3H3,(H2,23,27)(H,25,28)/t13-,19+/m0/s1. The molecule has 0 spiro atoms. The number of aryl methyl sites for hydroxylation is 2. The van der Waals surface area contributed by atoms with Crippen molar-refractivity contribution in [2.45, 2.75) is 39.7 Å². The Balaban J connectivity index is 1.81. The van der Waals surface area contributed by atoms with Crippen molar-refractivity contribution in [3.63, 3.8) is 0 Å². The van der Waals surface area contributed by atoms with Gasteiger partial charge in [-0.25, -0.2) is 0 Å². The molecule has 1 aromatic carbocycles. The number of benzene rings is 1. The van der Waals surface area contributed by atoms with Gasteiger partial charge >= 0.3 is 11.8 Å². The first kappa shape index (κ1) is 20.5. The predicted molar refractivity (Wildman–Crippen MR) is 110 cm³/mol. The highest BCUT2D eigenvalue weighted by Crippen LogP contribution is 2.34. The average molecular weight is 394 g/mol. The van der Waals surface area contributed by atoms with Gasteiger partial charge in [0, 0.05) is 12.7 Å². The van der Waals surface area contributed by atoms with Gasteiger partial charge in [0.05, 0.1) is 23.5 Å². The Morgan fingerprint density at radius 3 is 2.55 bits per heavy atom. The van der Waals surface area contributed by atoms with Crippen LogP contribution in [0.5, 0.6) is 0 Å². The molecular formula is C22H26N4O3. The van der Waals surface area contributed by atoms with Gasteiger partial charge in [-0.3, -0.25) is 19.4 Å². The van der Waals surface area contributed by atoms with Crippen molar-refractivity contribution in [2.75, 3.05) is 11.9 Å². The SMILES string of the molecule is Cc1ccc([C@H]2CC[C@H](C)CN2C(=O)C(=O)Nc2cncc(C(N)=O)c2)cc1C. The first-order chi connectivity index (χ1) is 13.8. The molecule has 2 atom stereocenters. The van der Waals surface area contributed by atoms with Crippen LogP contribution >= 0.6 is 0 Å². The third-order valence-corrected chi connectivity index (χ3v) is 5.47. The molecule has 1 fully saturated rings. The highest BCUT2D eigenvalue weighted by atomic mass is 16.2. The third-order valence-electron chi connectivity index (χ3n) is 5.47. The number of hydrogen-bond donors (Lipinski definition) is 2. The van der Waals surface area contributed by atoms with E-state index in [4.69, 9.17) is 5.73 Å². The van der Waals surface area contributed by atoms with Crippen molar-refractivity contribution in [3.05, 3.63) is 58.9 Å². The molecule has 1 saturated heterocycles. The van der Waals surface area contributed by atoms with E-state index in [2.05, 4.69) is 23.3 Å². The summed E-state index contributed by atoms with van der Waals surface area (Å²) in [4.78, 5) is 42.5. The molecule has 29 heavy (non-hydrogen) atoms. The maximum atomic E-state index is 13.0. The number of anilines is 1. The van der Waals surface area contributed by atoms with Gasteiger partial charge < -0.3 is 16.0 Å². The lowest BCUT2D eigenvalue weighted by molar-refractivity contribution is -0.146. The van der Waals surface area contributed by atoms with Crippen molar-refractivity contribution in [2.24, 2.45) is 11.7 Å². The van der Waals surface area contributed by atoms with Crippen molar-refractivity contribution in [3.8, 4) is 0 Å². The fourth-order valence-electron chi connectivity index (χ4n) is 3.65. The zero-order chi connectivity index (χ0) is 21.1. The number of pyridine rings is 1. The third kappa shape index (κ3) is 4.62. The Morgan fingerprint density at radius 1 is 1.10 bits per heavy atom. The van der Waals surface area contributed by atoms with Crippen LogP contribution in [0.2, 0.25) is 0 Å². The summed E-state index contributed by atoms with van der Waals surface area (Å²) in [7, 11) is 0. The van der Waals surface area contributed by atoms with Crippen LogP contribution in [-0.2, 0) is 9.59 Å². The summed E-state index contributed by atoms with van der Waals surface area (Å²) in [6.07, 6.45) is 4.48. The molecule has 7 nitrogen and oxygen atoms in total. The van der Waals surface area contributed by atoms with Crippen LogP contribution in [0.25, 0.3) is 0 Å². The van der Waals surface area contributed by atoms with Gasteiger partial charge in [0.2, 0.25) is 5.91 Å². The molecule has 152 valence electrons. The fraction of sp³-hybridized carbons (Fsp3) is 0.364. The molecule has 1 aliphatic rings. The number of aromatic nitrogens is 1. The topological polar surface area (TPSA) is 105 Å². The van der Waals surface area contributed by atoms with E-state index < -0.39 is 17.7 Å². The summed E-state index contributed by atoms with van der Waals surface area (Å²) in [5.41, 5.74) is 9.05. The lowest BCUT2D eigenvalue weighted by atomic mass is 9.88. The van der Waals surface area contributed by atoms with E-state index in [1.807, 2.05) is 26.0 Å².